The van der Waals surface area contributed by atoms with Crippen LogP contribution in [0.15, 0.2) is 61.1 Å². The van der Waals surface area contributed by atoms with Gasteiger partial charge in [0.05, 0.1) is 34.3 Å². The highest BCUT2D eigenvalue weighted by atomic mass is 35.5. The highest BCUT2D eigenvalue weighted by Crippen LogP contribution is 2.33. The van der Waals surface area contributed by atoms with Gasteiger partial charge in [-0.25, -0.2) is 14.4 Å². The summed E-state index contributed by atoms with van der Waals surface area (Å²) in [4.78, 5) is 21.5. The number of benzene rings is 2. The average molecular weight is 478 g/mol. The Labute approximate surface area is 202 Å². The third-order valence-corrected chi connectivity index (χ3v) is 6.71. The minimum atomic E-state index is -0.267. The third-order valence-electron chi connectivity index (χ3n) is 6.41. The van der Waals surface area contributed by atoms with Crippen molar-refractivity contribution in [3.05, 3.63) is 77.5 Å². The summed E-state index contributed by atoms with van der Waals surface area (Å²) < 4.78 is 15.8. The molecule has 3 heterocycles. The van der Waals surface area contributed by atoms with Crippen LogP contribution in [-0.4, -0.2) is 33.5 Å². The fourth-order valence-corrected chi connectivity index (χ4v) is 4.67. The number of amides is 1. The van der Waals surface area contributed by atoms with E-state index in [0.717, 1.165) is 47.1 Å². The molecule has 0 aliphatic carbocycles. The smallest absolute Gasteiger partial charge is 0.229 e. The van der Waals surface area contributed by atoms with E-state index in [1.54, 1.807) is 24.7 Å². The fraction of sp³-hybridized carbons (Fsp3) is 0.269. The van der Waals surface area contributed by atoms with Crippen molar-refractivity contribution in [2.45, 2.75) is 25.8 Å². The molecule has 34 heavy (non-hydrogen) atoms. The van der Waals surface area contributed by atoms with Gasteiger partial charge in [-0.1, -0.05) is 29.8 Å². The Morgan fingerprint density at radius 2 is 2.12 bits per heavy atom. The number of carbonyl (C=O) groups is 1. The van der Waals surface area contributed by atoms with Crippen molar-refractivity contribution in [2.75, 3.05) is 18.4 Å². The Bertz CT molecular complexity index is 1350. The van der Waals surface area contributed by atoms with Gasteiger partial charge in [0.2, 0.25) is 5.91 Å². The number of fused-ring (bicyclic) bond motifs is 1. The number of anilines is 1. The second-order valence-corrected chi connectivity index (χ2v) is 9.08. The van der Waals surface area contributed by atoms with Gasteiger partial charge in [-0.05, 0) is 67.8 Å². The third kappa shape index (κ3) is 4.54. The first kappa shape index (κ1) is 22.5. The van der Waals surface area contributed by atoms with Crippen LogP contribution < -0.4 is 10.6 Å². The molecule has 1 saturated heterocycles. The zero-order chi connectivity index (χ0) is 23.7. The zero-order valence-corrected chi connectivity index (χ0v) is 19.5. The molecule has 5 rings (SSSR count). The maximum Gasteiger partial charge on any atom is 0.229 e. The standard InChI is InChI=1S/C26H25ClFN5O/c1-16(17-4-2-6-20(28)10-17)33-15-31-23-8-7-18(11-24(23)33)21-12-25(30-14-22(21)27)32-26(34)19-5-3-9-29-13-19/h2,4,6-8,10-12,14-16,19,29H,3,5,9,13H2,1H3,(H,30,32,34)/t16-,19?/m1/s1. The normalized spacial score (nSPS) is 17.0. The minimum Gasteiger partial charge on any atom is -0.323 e. The largest absolute Gasteiger partial charge is 0.323 e. The highest BCUT2D eigenvalue weighted by molar-refractivity contribution is 6.33. The number of hydrogen-bond acceptors (Lipinski definition) is 4. The number of carbonyl (C=O) groups excluding carboxylic acids is 1. The molecule has 174 valence electrons. The summed E-state index contributed by atoms with van der Waals surface area (Å²) >= 11 is 6.51. The molecular formula is C26H25ClFN5O. The van der Waals surface area contributed by atoms with Gasteiger partial charge in [0.15, 0.2) is 0 Å². The predicted octanol–water partition coefficient (Wildman–Crippen LogP) is 5.44. The van der Waals surface area contributed by atoms with Crippen LogP contribution in [0.2, 0.25) is 5.02 Å². The summed E-state index contributed by atoms with van der Waals surface area (Å²) in [6, 6.07) is 14.2. The second-order valence-electron chi connectivity index (χ2n) is 8.67. The molecule has 1 aliphatic rings. The number of hydrogen-bond donors (Lipinski definition) is 2. The average Bonchev–Trinajstić information content (AvgIpc) is 3.28. The van der Waals surface area contributed by atoms with E-state index in [9.17, 15) is 9.18 Å². The van der Waals surface area contributed by atoms with Gasteiger partial charge in [-0.2, -0.15) is 0 Å². The minimum absolute atomic E-state index is 0.0366. The van der Waals surface area contributed by atoms with Crippen molar-refractivity contribution in [1.82, 2.24) is 19.9 Å². The van der Waals surface area contributed by atoms with E-state index in [1.165, 1.54) is 12.1 Å². The van der Waals surface area contributed by atoms with Crippen molar-refractivity contribution in [3.63, 3.8) is 0 Å². The van der Waals surface area contributed by atoms with Gasteiger partial charge in [-0.3, -0.25) is 4.79 Å². The van der Waals surface area contributed by atoms with Crippen molar-refractivity contribution in [3.8, 4) is 11.1 Å². The maximum atomic E-state index is 13.8. The number of aromatic nitrogens is 3. The fourth-order valence-electron chi connectivity index (χ4n) is 4.46. The van der Waals surface area contributed by atoms with E-state index in [2.05, 4.69) is 20.6 Å². The van der Waals surface area contributed by atoms with Crippen molar-refractivity contribution >= 4 is 34.4 Å². The van der Waals surface area contributed by atoms with Crippen LogP contribution in [0.25, 0.3) is 22.2 Å². The van der Waals surface area contributed by atoms with Crippen molar-refractivity contribution in [1.29, 1.82) is 0 Å². The summed E-state index contributed by atoms with van der Waals surface area (Å²) in [6.45, 7) is 3.64. The molecule has 0 bridgehead atoms. The number of piperidine rings is 1. The van der Waals surface area contributed by atoms with E-state index < -0.39 is 0 Å². The highest BCUT2D eigenvalue weighted by Gasteiger charge is 2.22. The van der Waals surface area contributed by atoms with Gasteiger partial charge >= 0.3 is 0 Å². The van der Waals surface area contributed by atoms with Crippen molar-refractivity contribution in [2.24, 2.45) is 5.92 Å². The van der Waals surface area contributed by atoms with Crippen LogP contribution in [0.3, 0.4) is 0 Å². The van der Waals surface area contributed by atoms with E-state index in [1.807, 2.05) is 35.8 Å². The van der Waals surface area contributed by atoms with Crippen LogP contribution >= 0.6 is 11.6 Å². The van der Waals surface area contributed by atoms with E-state index in [-0.39, 0.29) is 23.7 Å². The summed E-state index contributed by atoms with van der Waals surface area (Å²) in [5.41, 5.74) is 4.23. The SMILES string of the molecule is C[C@H](c1cccc(F)c1)n1cnc2ccc(-c3cc(NC(=O)C4CCCNC4)ncc3Cl)cc21. The molecule has 2 aromatic heterocycles. The molecule has 2 atom stereocenters. The lowest BCUT2D eigenvalue weighted by atomic mass is 9.99. The lowest BCUT2D eigenvalue weighted by molar-refractivity contribution is -0.120. The molecule has 6 nitrogen and oxygen atoms in total. The molecule has 1 amide bonds. The number of imidazole rings is 1. The lowest BCUT2D eigenvalue weighted by Gasteiger charge is -2.21. The van der Waals surface area contributed by atoms with Crippen LogP contribution in [0.4, 0.5) is 10.2 Å². The number of halogens is 2. The lowest BCUT2D eigenvalue weighted by Crippen LogP contribution is -2.37. The Kier molecular flexibility index (Phi) is 6.30. The maximum absolute atomic E-state index is 13.8. The summed E-state index contributed by atoms with van der Waals surface area (Å²) in [6.07, 6.45) is 5.17. The Hall–Kier alpha value is -3.29. The molecule has 4 aromatic rings. The summed E-state index contributed by atoms with van der Waals surface area (Å²) in [5, 5.41) is 6.68. The van der Waals surface area contributed by atoms with Gasteiger partial charge < -0.3 is 15.2 Å². The monoisotopic (exact) mass is 477 g/mol. The number of nitrogens with zero attached hydrogens (tertiary/aromatic N) is 3. The zero-order valence-electron chi connectivity index (χ0n) is 18.8. The first-order valence-corrected chi connectivity index (χ1v) is 11.8. The van der Waals surface area contributed by atoms with Crippen LogP contribution in [0.1, 0.15) is 31.4 Å². The van der Waals surface area contributed by atoms with E-state index >= 15 is 0 Å². The Balaban J connectivity index is 1.46. The number of rotatable bonds is 5. The van der Waals surface area contributed by atoms with Gasteiger partial charge in [0.25, 0.3) is 0 Å². The molecule has 0 saturated carbocycles. The summed E-state index contributed by atoms with van der Waals surface area (Å²) in [7, 11) is 0. The first-order valence-electron chi connectivity index (χ1n) is 11.4. The Morgan fingerprint density at radius 3 is 2.91 bits per heavy atom. The molecule has 1 fully saturated rings. The van der Waals surface area contributed by atoms with Crippen LogP contribution in [-0.2, 0) is 4.79 Å². The molecular weight excluding hydrogens is 453 g/mol. The predicted molar refractivity (Wildman–Crippen MR) is 132 cm³/mol. The second kappa shape index (κ2) is 9.52. The number of pyridine rings is 1. The van der Waals surface area contributed by atoms with E-state index in [4.69, 9.17) is 11.6 Å². The van der Waals surface area contributed by atoms with Crippen LogP contribution in [0.5, 0.6) is 0 Å². The molecule has 0 radical (unpaired) electrons. The van der Waals surface area contributed by atoms with Gasteiger partial charge in [0, 0.05) is 18.3 Å². The number of nitrogens with one attached hydrogen (secondary N) is 2. The molecule has 2 N–H and O–H groups in total. The van der Waals surface area contributed by atoms with Gasteiger partial charge in [-0.15, -0.1) is 0 Å². The molecule has 2 aromatic carbocycles. The topological polar surface area (TPSA) is 71.8 Å². The molecule has 8 heteroatoms. The molecule has 1 aliphatic heterocycles. The molecule has 1 unspecified atom stereocenters. The van der Waals surface area contributed by atoms with Crippen molar-refractivity contribution < 1.29 is 9.18 Å². The summed E-state index contributed by atoms with van der Waals surface area (Å²) in [5.74, 6) is 0.100. The quantitative estimate of drug-likeness (QED) is 0.401. The van der Waals surface area contributed by atoms with Gasteiger partial charge in [0.1, 0.15) is 11.6 Å². The Morgan fingerprint density at radius 1 is 1.24 bits per heavy atom. The van der Waals surface area contributed by atoms with E-state index in [0.29, 0.717) is 17.4 Å². The first-order chi connectivity index (χ1) is 16.5. The molecule has 0 spiro atoms. The van der Waals surface area contributed by atoms with Crippen LogP contribution in [0, 0.1) is 11.7 Å².